The first-order valence-corrected chi connectivity index (χ1v) is 18.6. The van der Waals surface area contributed by atoms with Crippen LogP contribution in [0.3, 0.4) is 0 Å². The van der Waals surface area contributed by atoms with Gasteiger partial charge in [-0.05, 0) is 72.0 Å². The van der Waals surface area contributed by atoms with Crippen molar-refractivity contribution >= 4 is 11.9 Å². The van der Waals surface area contributed by atoms with E-state index in [1.54, 1.807) is 0 Å². The normalized spacial score (nSPS) is 52.2. The summed E-state index contributed by atoms with van der Waals surface area (Å²) in [6.45, 7) is 15.8. The Labute approximate surface area is 295 Å². The molecule has 12 nitrogen and oxygen atoms in total. The zero-order valence-electron chi connectivity index (χ0n) is 30.9. The first kappa shape index (κ1) is 38.1. The summed E-state index contributed by atoms with van der Waals surface area (Å²) in [5.41, 5.74) is -2.15. The van der Waals surface area contributed by atoms with Gasteiger partial charge in [0.1, 0.15) is 36.6 Å². The van der Waals surface area contributed by atoms with E-state index in [4.69, 9.17) is 18.9 Å². The maximum Gasteiger partial charge on any atom is 0.307 e. The summed E-state index contributed by atoms with van der Waals surface area (Å²) in [4.78, 5) is 26.1. The van der Waals surface area contributed by atoms with Crippen LogP contribution in [0.15, 0.2) is 11.6 Å². The molecule has 0 spiro atoms. The van der Waals surface area contributed by atoms with Crippen molar-refractivity contribution in [3.63, 3.8) is 0 Å². The molecule has 0 aromatic heterocycles. The molecule has 3 saturated carbocycles. The Hall–Kier alpha value is -1.64. The highest BCUT2D eigenvalue weighted by Crippen LogP contribution is 2.75. The largest absolute Gasteiger partial charge is 0.481 e. The van der Waals surface area contributed by atoms with Gasteiger partial charge in [0, 0.05) is 24.2 Å². The van der Waals surface area contributed by atoms with Crippen LogP contribution >= 0.6 is 0 Å². The van der Waals surface area contributed by atoms with Gasteiger partial charge in [0.15, 0.2) is 12.6 Å². The molecule has 0 radical (unpaired) electrons. The Kier molecular flexibility index (Phi) is 9.71. The van der Waals surface area contributed by atoms with Crippen molar-refractivity contribution in [2.45, 2.75) is 143 Å². The first-order valence-electron chi connectivity index (χ1n) is 18.6. The Morgan fingerprint density at radius 3 is 2.26 bits per heavy atom. The smallest absolute Gasteiger partial charge is 0.307 e. The van der Waals surface area contributed by atoms with E-state index < -0.39 is 101 Å². The number of carboxylic acids is 1. The van der Waals surface area contributed by atoms with Gasteiger partial charge >= 0.3 is 11.9 Å². The number of carbonyl (C=O) groups is 2. The Morgan fingerprint density at radius 2 is 1.66 bits per heavy atom. The van der Waals surface area contributed by atoms with E-state index in [-0.39, 0.29) is 30.8 Å². The van der Waals surface area contributed by atoms with Gasteiger partial charge in [-0.15, -0.1) is 0 Å². The quantitative estimate of drug-likeness (QED) is 0.129. The third kappa shape index (κ3) is 5.13. The predicted molar refractivity (Wildman–Crippen MR) is 179 cm³/mol. The molecular formula is C38H60O12. The fraction of sp³-hybridized carbons (Fsp3) is 0.895. The van der Waals surface area contributed by atoms with Crippen LogP contribution < -0.4 is 0 Å². The molecule has 6 rings (SSSR count). The highest BCUT2D eigenvalue weighted by atomic mass is 16.7. The van der Waals surface area contributed by atoms with Crippen LogP contribution in [0, 0.1) is 56.7 Å². The maximum absolute atomic E-state index is 13.4. The molecule has 0 unspecified atom stereocenters. The molecule has 0 amide bonds. The van der Waals surface area contributed by atoms with Crippen LogP contribution in [0.1, 0.15) is 93.9 Å². The lowest BCUT2D eigenvalue weighted by molar-refractivity contribution is -0.369. The molecule has 6 N–H and O–H groups in total. The topological polar surface area (TPSA) is 192 Å². The number of hydrogen-bond donors (Lipinski definition) is 6. The highest BCUT2D eigenvalue weighted by molar-refractivity contribution is 5.73. The van der Waals surface area contributed by atoms with Crippen LogP contribution in [-0.4, -0.2) is 105 Å². The highest BCUT2D eigenvalue weighted by Gasteiger charge is 2.74. The van der Waals surface area contributed by atoms with E-state index in [9.17, 15) is 40.2 Å². The van der Waals surface area contributed by atoms with Gasteiger partial charge in [0.2, 0.25) is 0 Å². The third-order valence-electron chi connectivity index (χ3n) is 15.6. The molecule has 0 aromatic rings. The fourth-order valence-electron chi connectivity index (χ4n) is 12.5. The summed E-state index contributed by atoms with van der Waals surface area (Å²) >= 11 is 0. The fourth-order valence-corrected chi connectivity index (χ4v) is 12.5. The summed E-state index contributed by atoms with van der Waals surface area (Å²) < 4.78 is 24.5. The molecule has 0 aromatic carbocycles. The van der Waals surface area contributed by atoms with Gasteiger partial charge in [0.05, 0.1) is 19.1 Å². The molecule has 50 heavy (non-hydrogen) atoms. The van der Waals surface area contributed by atoms with E-state index in [2.05, 4.69) is 47.6 Å². The first-order chi connectivity index (χ1) is 23.2. The van der Waals surface area contributed by atoms with E-state index in [1.807, 2.05) is 6.92 Å². The third-order valence-corrected chi connectivity index (χ3v) is 15.6. The van der Waals surface area contributed by atoms with Gasteiger partial charge in [-0.3, -0.25) is 9.59 Å². The van der Waals surface area contributed by atoms with E-state index in [1.165, 1.54) is 6.92 Å². The van der Waals surface area contributed by atoms with Crippen LogP contribution in [0.25, 0.3) is 0 Å². The van der Waals surface area contributed by atoms with Crippen molar-refractivity contribution in [1.82, 2.24) is 0 Å². The molecular weight excluding hydrogens is 648 g/mol. The van der Waals surface area contributed by atoms with Gasteiger partial charge in [-0.2, -0.15) is 0 Å². The second kappa shape index (κ2) is 12.7. The second-order valence-corrected chi connectivity index (χ2v) is 18.0. The van der Waals surface area contributed by atoms with Gasteiger partial charge < -0.3 is 49.6 Å². The zero-order valence-corrected chi connectivity index (χ0v) is 30.9. The standard InChI is InChI=1S/C38H60O12/c1-18(2)19(3)34(5)13-14-36(7)21-9-10-25-35(6)17-47-33(46)38(25,22(21)11-12-37(36,8)29(34)31(44)45)15-23(48-20(4)40)30(35)50-32-28(43)27(42)26(41)24(16-39)49-32/h11,18-19,21,23-30,32-33,39,41-43,46H,9-10,12-17H2,1-8H3,(H,44,45)/t19-,21+,23-,24-,25+,26-,27+,28-,29-,30+,32+,33-,34-,35-,36-,37+,38+/m1/s1. The van der Waals surface area contributed by atoms with Crippen molar-refractivity contribution in [3.8, 4) is 0 Å². The van der Waals surface area contributed by atoms with E-state index in [0.717, 1.165) is 24.8 Å². The zero-order chi connectivity index (χ0) is 36.9. The summed E-state index contributed by atoms with van der Waals surface area (Å²) in [7, 11) is 0. The maximum atomic E-state index is 13.4. The molecule has 284 valence electrons. The minimum absolute atomic E-state index is 0.0419. The molecule has 2 aliphatic heterocycles. The SMILES string of the molecule is CC(=O)O[C@@H]1C[C@]23C4=CC[C@@]5(C)[C@H](C(=O)O)[C@@](C)([C@H](C)C(C)C)CC[C@]5(C)[C@H]4CC[C@H]2[C@@](C)(CO[C@H]3O)[C@H]1O[C@@H]1O[C@H](CO)[C@@H](O)[C@H](O)[C@H]1O. The number of hydrogen-bond acceptors (Lipinski definition) is 11. The van der Waals surface area contributed by atoms with Gasteiger partial charge in [0.25, 0.3) is 0 Å². The molecule has 4 aliphatic carbocycles. The van der Waals surface area contributed by atoms with Crippen molar-refractivity contribution in [3.05, 3.63) is 11.6 Å². The molecule has 12 heteroatoms. The van der Waals surface area contributed by atoms with Crippen molar-refractivity contribution in [1.29, 1.82) is 0 Å². The predicted octanol–water partition coefficient (Wildman–Crippen LogP) is 3.01. The number of carboxylic acid groups (broad SMARTS) is 1. The monoisotopic (exact) mass is 708 g/mol. The number of esters is 1. The summed E-state index contributed by atoms with van der Waals surface area (Å²) in [5.74, 6) is -1.61. The molecule has 2 bridgehead atoms. The van der Waals surface area contributed by atoms with Crippen LogP contribution in [0.4, 0.5) is 0 Å². The second-order valence-electron chi connectivity index (χ2n) is 18.0. The number of fused-ring (bicyclic) bond motifs is 3. The Morgan fingerprint density at radius 1 is 0.980 bits per heavy atom. The number of aliphatic carboxylic acids is 1. The average Bonchev–Trinajstić information content (AvgIpc) is 3.04. The average molecular weight is 709 g/mol. The van der Waals surface area contributed by atoms with Crippen molar-refractivity contribution in [2.24, 2.45) is 56.7 Å². The van der Waals surface area contributed by atoms with Crippen molar-refractivity contribution < 1.29 is 59.2 Å². The van der Waals surface area contributed by atoms with E-state index in [0.29, 0.717) is 18.8 Å². The molecule has 6 aliphatic rings. The van der Waals surface area contributed by atoms with Crippen LogP contribution in [-0.2, 0) is 28.5 Å². The van der Waals surface area contributed by atoms with Crippen molar-refractivity contribution in [2.75, 3.05) is 13.2 Å². The molecule has 5 fully saturated rings. The minimum Gasteiger partial charge on any atom is -0.481 e. The molecule has 17 atom stereocenters. The number of ether oxygens (including phenoxy) is 4. The summed E-state index contributed by atoms with van der Waals surface area (Å²) in [6.07, 6.45) is -4.59. The Balaban J connectivity index is 1.42. The molecule has 2 heterocycles. The number of allylic oxidation sites excluding steroid dienone is 1. The Bertz CT molecular complexity index is 1370. The number of aliphatic hydroxyl groups excluding tert-OH is 5. The number of aliphatic hydroxyl groups is 5. The lowest BCUT2D eigenvalue weighted by Gasteiger charge is -2.71. The van der Waals surface area contributed by atoms with Crippen LogP contribution in [0.5, 0.6) is 0 Å². The lowest BCUT2D eigenvalue weighted by atomic mass is 9.34. The minimum atomic E-state index is -1.65. The number of rotatable bonds is 7. The van der Waals surface area contributed by atoms with Crippen LogP contribution in [0.2, 0.25) is 0 Å². The molecule has 2 saturated heterocycles. The summed E-state index contributed by atoms with van der Waals surface area (Å²) in [6, 6.07) is 0. The lowest BCUT2D eigenvalue weighted by Crippen LogP contribution is -2.73. The van der Waals surface area contributed by atoms with Gasteiger partial charge in [-0.25, -0.2) is 0 Å². The number of carbonyl (C=O) groups excluding carboxylic acids is 1. The van der Waals surface area contributed by atoms with Gasteiger partial charge in [-0.1, -0.05) is 60.1 Å². The summed E-state index contributed by atoms with van der Waals surface area (Å²) in [5, 5.41) is 64.6. The van der Waals surface area contributed by atoms with E-state index >= 15 is 0 Å².